The predicted molar refractivity (Wildman–Crippen MR) is 50.8 cm³/mol. The molecule has 0 aromatic heterocycles. The van der Waals surface area contributed by atoms with Gasteiger partial charge in [0.1, 0.15) is 0 Å². The third kappa shape index (κ3) is 2.30. The summed E-state index contributed by atoms with van der Waals surface area (Å²) in [6.07, 6.45) is 0. The smallest absolute Gasteiger partial charge is 0.0716 e. The third-order valence-electron chi connectivity index (χ3n) is 1.64. The summed E-state index contributed by atoms with van der Waals surface area (Å²) in [6.45, 7) is 0.599. The predicted octanol–water partition coefficient (Wildman–Crippen LogP) is 2.09. The topological polar surface area (TPSA) is 29.5 Å². The second-order valence-corrected chi connectivity index (χ2v) is 3.42. The maximum Gasteiger partial charge on any atom is 0.0716 e. The summed E-state index contributed by atoms with van der Waals surface area (Å²) in [6, 6.07) is 5.75. The van der Waals surface area contributed by atoms with E-state index in [0.29, 0.717) is 6.61 Å². The molecule has 66 valence electrons. The number of aliphatic hydroxyl groups excluding tert-OH is 1. The molecule has 1 N–H and O–H groups in total. The van der Waals surface area contributed by atoms with E-state index in [1.54, 1.807) is 7.11 Å². The van der Waals surface area contributed by atoms with Gasteiger partial charge >= 0.3 is 0 Å². The van der Waals surface area contributed by atoms with Crippen molar-refractivity contribution in [2.75, 3.05) is 7.11 Å². The lowest BCUT2D eigenvalue weighted by atomic mass is 10.1. The Morgan fingerprint density at radius 2 is 2.17 bits per heavy atom. The van der Waals surface area contributed by atoms with E-state index in [1.807, 2.05) is 18.2 Å². The van der Waals surface area contributed by atoms with Gasteiger partial charge in [0.15, 0.2) is 0 Å². The van der Waals surface area contributed by atoms with Gasteiger partial charge in [-0.1, -0.05) is 22.0 Å². The van der Waals surface area contributed by atoms with Gasteiger partial charge in [0, 0.05) is 11.6 Å². The van der Waals surface area contributed by atoms with Crippen molar-refractivity contribution in [2.45, 2.75) is 13.2 Å². The number of hydrogen-bond donors (Lipinski definition) is 1. The molecule has 0 aliphatic rings. The number of halogens is 1. The van der Waals surface area contributed by atoms with Crippen molar-refractivity contribution in [3.8, 4) is 0 Å². The first-order chi connectivity index (χ1) is 5.77. The Morgan fingerprint density at radius 3 is 2.75 bits per heavy atom. The van der Waals surface area contributed by atoms with Crippen LogP contribution in [0.25, 0.3) is 0 Å². The zero-order valence-corrected chi connectivity index (χ0v) is 8.47. The van der Waals surface area contributed by atoms with Gasteiger partial charge in [-0.15, -0.1) is 0 Å². The average Bonchev–Trinajstić information content (AvgIpc) is 2.05. The molecule has 12 heavy (non-hydrogen) atoms. The van der Waals surface area contributed by atoms with Crippen molar-refractivity contribution in [3.63, 3.8) is 0 Å². The highest BCUT2D eigenvalue weighted by atomic mass is 79.9. The standard InChI is InChI=1S/C9H11BrO2/c1-12-6-8-4-9(10)3-2-7(8)5-11/h2-4,11H,5-6H2,1H3. The quantitative estimate of drug-likeness (QED) is 0.862. The van der Waals surface area contributed by atoms with Crippen molar-refractivity contribution in [3.05, 3.63) is 33.8 Å². The van der Waals surface area contributed by atoms with E-state index in [0.717, 1.165) is 15.6 Å². The Labute approximate surface area is 80.3 Å². The Hall–Kier alpha value is -0.380. The minimum Gasteiger partial charge on any atom is -0.392 e. The molecule has 0 amide bonds. The maximum absolute atomic E-state index is 8.97. The highest BCUT2D eigenvalue weighted by Gasteiger charge is 2.00. The van der Waals surface area contributed by atoms with Crippen LogP contribution in [0, 0.1) is 0 Å². The van der Waals surface area contributed by atoms with Crippen molar-refractivity contribution in [1.29, 1.82) is 0 Å². The van der Waals surface area contributed by atoms with Gasteiger partial charge in [-0.2, -0.15) is 0 Å². The van der Waals surface area contributed by atoms with Crippen molar-refractivity contribution in [2.24, 2.45) is 0 Å². The number of aliphatic hydroxyl groups is 1. The van der Waals surface area contributed by atoms with Gasteiger partial charge < -0.3 is 9.84 Å². The van der Waals surface area contributed by atoms with Crippen LogP contribution in [0.2, 0.25) is 0 Å². The summed E-state index contributed by atoms with van der Waals surface area (Å²) in [5.41, 5.74) is 1.94. The van der Waals surface area contributed by atoms with Gasteiger partial charge in [-0.3, -0.25) is 0 Å². The van der Waals surface area contributed by atoms with Crippen LogP contribution < -0.4 is 0 Å². The molecule has 1 rings (SSSR count). The Bertz CT molecular complexity index is 261. The summed E-state index contributed by atoms with van der Waals surface area (Å²) in [4.78, 5) is 0. The van der Waals surface area contributed by atoms with Gasteiger partial charge in [0.25, 0.3) is 0 Å². The van der Waals surface area contributed by atoms with Crippen LogP contribution in [0.15, 0.2) is 22.7 Å². The molecule has 0 saturated heterocycles. The molecular weight excluding hydrogens is 220 g/mol. The molecule has 0 fully saturated rings. The molecule has 2 nitrogen and oxygen atoms in total. The zero-order chi connectivity index (χ0) is 8.97. The van der Waals surface area contributed by atoms with Crippen LogP contribution in [0.5, 0.6) is 0 Å². The van der Waals surface area contributed by atoms with E-state index in [4.69, 9.17) is 9.84 Å². The monoisotopic (exact) mass is 230 g/mol. The first-order valence-electron chi connectivity index (χ1n) is 3.65. The number of methoxy groups -OCH3 is 1. The van der Waals surface area contributed by atoms with Gasteiger partial charge in [0.2, 0.25) is 0 Å². The lowest BCUT2D eigenvalue weighted by Crippen LogP contribution is -1.95. The molecule has 1 aromatic rings. The largest absolute Gasteiger partial charge is 0.392 e. The zero-order valence-electron chi connectivity index (χ0n) is 6.88. The van der Waals surface area contributed by atoms with E-state index in [1.165, 1.54) is 0 Å². The van der Waals surface area contributed by atoms with Crippen molar-refractivity contribution < 1.29 is 9.84 Å². The van der Waals surface area contributed by atoms with E-state index >= 15 is 0 Å². The van der Waals surface area contributed by atoms with Crippen LogP contribution in [-0.4, -0.2) is 12.2 Å². The fourth-order valence-electron chi connectivity index (χ4n) is 1.04. The second kappa shape index (κ2) is 4.60. The lowest BCUT2D eigenvalue weighted by Gasteiger charge is -2.06. The normalized spacial score (nSPS) is 10.2. The molecule has 0 unspecified atom stereocenters. The van der Waals surface area contributed by atoms with E-state index in [9.17, 15) is 0 Å². The number of rotatable bonds is 3. The molecule has 0 aliphatic heterocycles. The van der Waals surface area contributed by atoms with Crippen molar-refractivity contribution >= 4 is 15.9 Å². The van der Waals surface area contributed by atoms with E-state index < -0.39 is 0 Å². The first kappa shape index (κ1) is 9.71. The Morgan fingerprint density at radius 1 is 1.42 bits per heavy atom. The van der Waals surface area contributed by atoms with Crippen LogP contribution in [0.1, 0.15) is 11.1 Å². The van der Waals surface area contributed by atoms with E-state index in [2.05, 4.69) is 15.9 Å². The first-order valence-corrected chi connectivity index (χ1v) is 4.44. The summed E-state index contributed by atoms with van der Waals surface area (Å²) in [5, 5.41) is 8.97. The molecule has 1 aromatic carbocycles. The third-order valence-corrected chi connectivity index (χ3v) is 2.13. The van der Waals surface area contributed by atoms with Crippen molar-refractivity contribution in [1.82, 2.24) is 0 Å². The van der Waals surface area contributed by atoms with Gasteiger partial charge in [0.05, 0.1) is 13.2 Å². The fourth-order valence-corrected chi connectivity index (χ4v) is 1.45. The van der Waals surface area contributed by atoms with Gasteiger partial charge in [-0.05, 0) is 23.3 Å². The number of hydrogen-bond acceptors (Lipinski definition) is 2. The maximum atomic E-state index is 8.97. The summed E-state index contributed by atoms with van der Waals surface area (Å²) in [7, 11) is 1.64. The number of benzene rings is 1. The van der Waals surface area contributed by atoms with E-state index in [-0.39, 0.29) is 6.61 Å². The Balaban J connectivity index is 2.95. The van der Waals surface area contributed by atoms with Gasteiger partial charge in [-0.25, -0.2) is 0 Å². The number of ether oxygens (including phenoxy) is 1. The average molecular weight is 231 g/mol. The summed E-state index contributed by atoms with van der Waals surface area (Å²) in [5.74, 6) is 0. The lowest BCUT2D eigenvalue weighted by molar-refractivity contribution is 0.181. The summed E-state index contributed by atoms with van der Waals surface area (Å²) < 4.78 is 6.00. The van der Waals surface area contributed by atoms with Crippen LogP contribution >= 0.6 is 15.9 Å². The minimum absolute atomic E-state index is 0.0615. The SMILES string of the molecule is COCc1cc(Br)ccc1CO. The second-order valence-electron chi connectivity index (χ2n) is 2.50. The summed E-state index contributed by atoms with van der Waals surface area (Å²) >= 11 is 3.36. The Kier molecular flexibility index (Phi) is 3.72. The molecule has 0 heterocycles. The highest BCUT2D eigenvalue weighted by Crippen LogP contribution is 2.17. The molecule has 0 radical (unpaired) electrons. The van der Waals surface area contributed by atoms with Crippen LogP contribution in [0.4, 0.5) is 0 Å². The molecule has 0 bridgehead atoms. The highest BCUT2D eigenvalue weighted by molar-refractivity contribution is 9.10. The molecular formula is C9H11BrO2. The molecule has 0 aliphatic carbocycles. The minimum atomic E-state index is 0.0615. The molecule has 3 heteroatoms. The molecule has 0 saturated carbocycles. The van der Waals surface area contributed by atoms with Crippen LogP contribution in [0.3, 0.4) is 0 Å². The fraction of sp³-hybridized carbons (Fsp3) is 0.333. The molecule has 0 spiro atoms. The molecule has 0 atom stereocenters. The van der Waals surface area contributed by atoms with Crippen LogP contribution in [-0.2, 0) is 18.0 Å².